The van der Waals surface area contributed by atoms with E-state index >= 15 is 0 Å². The first-order chi connectivity index (χ1) is 9.94. The fourth-order valence-corrected chi connectivity index (χ4v) is 3.63. The van der Waals surface area contributed by atoms with Crippen LogP contribution in [0, 0.1) is 5.82 Å². The Kier molecular flexibility index (Phi) is 4.92. The van der Waals surface area contributed by atoms with Crippen LogP contribution in [0.4, 0.5) is 10.1 Å². The standard InChI is InChI=1S/C13H13BrFN3O2S/c1-16-8-9-6-10(14)7-12(13(9)15)21(19,20)18-11-2-4-17-5-3-11/h2-7,16H,8H2,1H3,(H,17,18). The van der Waals surface area contributed by atoms with Gasteiger partial charge in [0.2, 0.25) is 0 Å². The second-order valence-corrected chi connectivity index (χ2v) is 6.82. The summed E-state index contributed by atoms with van der Waals surface area (Å²) in [6.45, 7) is 0.225. The van der Waals surface area contributed by atoms with Crippen LogP contribution < -0.4 is 10.0 Å². The number of benzene rings is 1. The molecule has 0 amide bonds. The van der Waals surface area contributed by atoms with Crippen LogP contribution in [0.1, 0.15) is 5.56 Å². The van der Waals surface area contributed by atoms with Crippen LogP contribution >= 0.6 is 15.9 Å². The number of hydrogen-bond donors (Lipinski definition) is 2. The van der Waals surface area contributed by atoms with Crippen LogP contribution in [0.3, 0.4) is 0 Å². The SMILES string of the molecule is CNCc1cc(Br)cc(S(=O)(=O)Nc2ccncc2)c1F. The summed E-state index contributed by atoms with van der Waals surface area (Å²) in [5.41, 5.74) is 0.585. The number of halogens is 2. The van der Waals surface area contributed by atoms with Gasteiger partial charge in [-0.15, -0.1) is 0 Å². The van der Waals surface area contributed by atoms with Gasteiger partial charge >= 0.3 is 0 Å². The van der Waals surface area contributed by atoms with Crippen LogP contribution in [-0.2, 0) is 16.6 Å². The summed E-state index contributed by atoms with van der Waals surface area (Å²) in [7, 11) is -2.36. The summed E-state index contributed by atoms with van der Waals surface area (Å²) in [5, 5.41) is 2.80. The van der Waals surface area contributed by atoms with Crippen LogP contribution in [-0.4, -0.2) is 20.4 Å². The molecule has 0 aliphatic carbocycles. The number of nitrogens with zero attached hydrogens (tertiary/aromatic N) is 1. The predicted molar refractivity (Wildman–Crippen MR) is 81.9 cm³/mol. The van der Waals surface area contributed by atoms with Gasteiger partial charge in [0.05, 0.1) is 5.69 Å². The van der Waals surface area contributed by atoms with Crippen molar-refractivity contribution >= 4 is 31.6 Å². The van der Waals surface area contributed by atoms with Crippen LogP contribution in [0.25, 0.3) is 0 Å². The fraction of sp³-hybridized carbons (Fsp3) is 0.154. The largest absolute Gasteiger partial charge is 0.316 e. The molecule has 0 saturated heterocycles. The van der Waals surface area contributed by atoms with Gasteiger partial charge in [-0.3, -0.25) is 9.71 Å². The third-order valence-electron chi connectivity index (χ3n) is 2.67. The van der Waals surface area contributed by atoms with Gasteiger partial charge in [-0.1, -0.05) is 15.9 Å². The van der Waals surface area contributed by atoms with Crippen molar-refractivity contribution < 1.29 is 12.8 Å². The molecule has 1 heterocycles. The van der Waals surface area contributed by atoms with E-state index in [4.69, 9.17) is 0 Å². The lowest BCUT2D eigenvalue weighted by atomic mass is 10.2. The molecule has 112 valence electrons. The molecular weight excluding hydrogens is 361 g/mol. The average molecular weight is 374 g/mol. The van der Waals surface area contributed by atoms with Crippen LogP contribution in [0.15, 0.2) is 46.0 Å². The number of anilines is 1. The molecule has 0 saturated carbocycles. The Balaban J connectivity index is 2.45. The van der Waals surface area contributed by atoms with Crippen molar-refractivity contribution in [3.05, 3.63) is 52.5 Å². The summed E-state index contributed by atoms with van der Waals surface area (Å²) in [6.07, 6.45) is 2.89. The highest BCUT2D eigenvalue weighted by molar-refractivity contribution is 9.10. The molecule has 21 heavy (non-hydrogen) atoms. The number of hydrogen-bond acceptors (Lipinski definition) is 4. The van der Waals surface area contributed by atoms with Gasteiger partial charge in [0.15, 0.2) is 0 Å². The Hall–Kier alpha value is -1.51. The van der Waals surface area contributed by atoms with Gasteiger partial charge < -0.3 is 5.32 Å². The molecule has 0 atom stereocenters. The maximum atomic E-state index is 14.3. The molecule has 5 nitrogen and oxygen atoms in total. The number of nitrogens with one attached hydrogen (secondary N) is 2. The zero-order valence-electron chi connectivity index (χ0n) is 11.1. The molecule has 2 rings (SSSR count). The minimum atomic E-state index is -4.02. The Morgan fingerprint density at radius 1 is 1.29 bits per heavy atom. The third kappa shape index (κ3) is 3.78. The quantitative estimate of drug-likeness (QED) is 0.844. The molecule has 0 unspecified atom stereocenters. The highest BCUT2D eigenvalue weighted by Crippen LogP contribution is 2.25. The van der Waals surface area contributed by atoms with Crippen molar-refractivity contribution in [2.24, 2.45) is 0 Å². The highest BCUT2D eigenvalue weighted by atomic mass is 79.9. The van der Waals surface area contributed by atoms with Crippen molar-refractivity contribution in [2.75, 3.05) is 11.8 Å². The lowest BCUT2D eigenvalue weighted by Gasteiger charge is -2.12. The summed E-state index contributed by atoms with van der Waals surface area (Å²) < 4.78 is 41.8. The van der Waals surface area contributed by atoms with Crippen molar-refractivity contribution in [3.8, 4) is 0 Å². The molecule has 1 aromatic heterocycles. The normalized spacial score (nSPS) is 11.4. The first-order valence-electron chi connectivity index (χ1n) is 5.99. The van der Waals surface area contributed by atoms with Gasteiger partial charge in [-0.25, -0.2) is 12.8 Å². The Morgan fingerprint density at radius 3 is 2.57 bits per heavy atom. The fourth-order valence-electron chi connectivity index (χ4n) is 1.76. The molecule has 0 radical (unpaired) electrons. The monoisotopic (exact) mass is 373 g/mol. The zero-order valence-corrected chi connectivity index (χ0v) is 13.5. The second kappa shape index (κ2) is 6.50. The molecule has 0 spiro atoms. The van der Waals surface area contributed by atoms with E-state index in [9.17, 15) is 12.8 Å². The van der Waals surface area contributed by atoms with Gasteiger partial charge in [0, 0.05) is 29.0 Å². The van der Waals surface area contributed by atoms with Crippen LogP contribution in [0.5, 0.6) is 0 Å². The van der Waals surface area contributed by atoms with Gasteiger partial charge in [0.1, 0.15) is 10.7 Å². The Labute approximate surface area is 130 Å². The van der Waals surface area contributed by atoms with Gasteiger partial charge in [-0.05, 0) is 31.3 Å². The van der Waals surface area contributed by atoms with Gasteiger partial charge in [-0.2, -0.15) is 0 Å². The molecule has 2 N–H and O–H groups in total. The number of aromatic nitrogens is 1. The lowest BCUT2D eigenvalue weighted by Crippen LogP contribution is -2.17. The van der Waals surface area contributed by atoms with E-state index in [1.165, 1.54) is 36.7 Å². The molecule has 0 aliphatic rings. The van der Waals surface area contributed by atoms with Crippen molar-refractivity contribution in [1.29, 1.82) is 0 Å². The number of rotatable bonds is 5. The highest BCUT2D eigenvalue weighted by Gasteiger charge is 2.22. The molecular formula is C13H13BrFN3O2S. The summed E-state index contributed by atoms with van der Waals surface area (Å²) in [6, 6.07) is 5.75. The summed E-state index contributed by atoms with van der Waals surface area (Å²) in [5.74, 6) is -0.769. The van der Waals surface area contributed by atoms with E-state index in [-0.39, 0.29) is 12.1 Å². The number of sulfonamides is 1. The summed E-state index contributed by atoms with van der Waals surface area (Å²) in [4.78, 5) is 3.39. The molecule has 8 heteroatoms. The smallest absolute Gasteiger partial charge is 0.264 e. The van der Waals surface area contributed by atoms with Crippen molar-refractivity contribution in [3.63, 3.8) is 0 Å². The minimum Gasteiger partial charge on any atom is -0.316 e. The van der Waals surface area contributed by atoms with E-state index in [1.807, 2.05) is 0 Å². The second-order valence-electron chi connectivity index (χ2n) is 4.25. The molecule has 1 aromatic carbocycles. The lowest BCUT2D eigenvalue weighted by molar-refractivity contribution is 0.555. The summed E-state index contributed by atoms with van der Waals surface area (Å²) >= 11 is 3.20. The maximum absolute atomic E-state index is 14.3. The number of pyridine rings is 1. The molecule has 0 fully saturated rings. The van der Waals surface area contributed by atoms with E-state index in [2.05, 4.69) is 31.0 Å². The van der Waals surface area contributed by atoms with Crippen molar-refractivity contribution in [1.82, 2.24) is 10.3 Å². The van der Waals surface area contributed by atoms with Crippen LogP contribution in [0.2, 0.25) is 0 Å². The first kappa shape index (κ1) is 15.9. The molecule has 0 aliphatic heterocycles. The van der Waals surface area contributed by atoms with E-state index in [0.29, 0.717) is 10.2 Å². The topological polar surface area (TPSA) is 71.1 Å². The van der Waals surface area contributed by atoms with Gasteiger partial charge in [0.25, 0.3) is 10.0 Å². The first-order valence-corrected chi connectivity index (χ1v) is 8.27. The predicted octanol–water partition coefficient (Wildman–Crippen LogP) is 2.50. The maximum Gasteiger partial charge on any atom is 0.264 e. The van der Waals surface area contributed by atoms with E-state index in [1.54, 1.807) is 7.05 Å². The Bertz CT molecular complexity index is 739. The molecule has 0 bridgehead atoms. The van der Waals surface area contributed by atoms with Crippen molar-refractivity contribution in [2.45, 2.75) is 11.4 Å². The molecule has 2 aromatic rings. The average Bonchev–Trinajstić information content (AvgIpc) is 2.43. The Morgan fingerprint density at radius 2 is 1.95 bits per heavy atom. The zero-order chi connectivity index (χ0) is 15.5. The van der Waals surface area contributed by atoms with E-state index < -0.39 is 20.7 Å². The third-order valence-corrected chi connectivity index (χ3v) is 4.51. The van der Waals surface area contributed by atoms with E-state index in [0.717, 1.165) is 0 Å². The minimum absolute atomic E-state index is 0.225.